The fourth-order valence-electron chi connectivity index (χ4n) is 0.900. The third-order valence-corrected chi connectivity index (χ3v) is 3.23. The van der Waals surface area contributed by atoms with Gasteiger partial charge in [0.25, 0.3) is 0 Å². The number of hydrogen-bond acceptors (Lipinski definition) is 3. The molecule has 0 radical (unpaired) electrons. The lowest BCUT2D eigenvalue weighted by Gasteiger charge is -1.84. The quantitative estimate of drug-likeness (QED) is 0.682. The Bertz CT molecular complexity index is 413. The Kier molecular flexibility index (Phi) is 2.23. The second kappa shape index (κ2) is 3.25. The summed E-state index contributed by atoms with van der Waals surface area (Å²) in [6.45, 7) is 1.94. The van der Waals surface area contributed by atoms with Gasteiger partial charge >= 0.3 is 0 Å². The highest BCUT2D eigenvalue weighted by atomic mass is 35.5. The van der Waals surface area contributed by atoms with Crippen molar-refractivity contribution in [2.24, 2.45) is 15.2 Å². The van der Waals surface area contributed by atoms with E-state index in [1.165, 1.54) is 11.3 Å². The number of nitrogens with zero attached hydrogens (tertiary/aromatic N) is 3. The van der Waals surface area contributed by atoms with E-state index in [4.69, 9.17) is 23.8 Å². The number of thiophene rings is 1. The normalized spacial score (nSPS) is 15.2. The molecule has 0 saturated carbocycles. The van der Waals surface area contributed by atoms with Crippen molar-refractivity contribution >= 4 is 46.1 Å². The zero-order chi connectivity index (χ0) is 9.42. The monoisotopic (exact) mass is 229 g/mol. The minimum Gasteiger partial charge on any atom is -0.194 e. The zero-order valence-corrected chi connectivity index (χ0v) is 9.00. The molecule has 0 aromatic carbocycles. The van der Waals surface area contributed by atoms with Gasteiger partial charge in [-0.3, -0.25) is 0 Å². The first-order valence-corrected chi connectivity index (χ1v) is 5.08. The maximum absolute atomic E-state index is 5.90. The number of halogens is 1. The van der Waals surface area contributed by atoms with E-state index in [0.717, 1.165) is 14.8 Å². The van der Waals surface area contributed by atoms with Crippen LogP contribution >= 0.6 is 35.2 Å². The van der Waals surface area contributed by atoms with Crippen LogP contribution in [0.2, 0.25) is 4.34 Å². The highest BCUT2D eigenvalue weighted by Gasteiger charge is 2.13. The molecule has 0 fully saturated rings. The molecule has 0 aliphatic carbocycles. The number of aryl methyl sites for hydroxylation is 1. The van der Waals surface area contributed by atoms with Gasteiger partial charge in [0.05, 0.1) is 9.21 Å². The van der Waals surface area contributed by atoms with Crippen LogP contribution in [0.15, 0.2) is 21.3 Å². The summed E-state index contributed by atoms with van der Waals surface area (Å²) in [5.74, 6) is 0.560. The van der Waals surface area contributed by atoms with Crippen molar-refractivity contribution in [1.82, 2.24) is 0 Å². The molecule has 0 amide bonds. The van der Waals surface area contributed by atoms with Crippen LogP contribution in [0.5, 0.6) is 0 Å². The topological polar surface area (TPSA) is 37.1 Å². The Hall–Kier alpha value is -0.650. The van der Waals surface area contributed by atoms with Crippen molar-refractivity contribution in [2.45, 2.75) is 6.92 Å². The first kappa shape index (κ1) is 8.93. The van der Waals surface area contributed by atoms with Crippen LogP contribution in [0.3, 0.4) is 0 Å². The fraction of sp³-hybridized carbons (Fsp3) is 0.143. The van der Waals surface area contributed by atoms with E-state index >= 15 is 0 Å². The summed E-state index contributed by atoms with van der Waals surface area (Å²) in [5, 5.41) is 7.75. The van der Waals surface area contributed by atoms with E-state index in [1.54, 1.807) is 0 Å². The summed E-state index contributed by atoms with van der Waals surface area (Å²) < 4.78 is 0.755. The number of aliphatic imine (C=N–C) groups is 1. The number of rotatable bonds is 1. The molecule has 3 nitrogen and oxygen atoms in total. The van der Waals surface area contributed by atoms with Crippen molar-refractivity contribution in [2.75, 3.05) is 0 Å². The maximum Gasteiger partial charge on any atom is 0.242 e. The van der Waals surface area contributed by atoms with Crippen LogP contribution in [0.1, 0.15) is 10.4 Å². The lowest BCUT2D eigenvalue weighted by molar-refractivity contribution is 1.41. The molecule has 13 heavy (non-hydrogen) atoms. The SMILES string of the molecule is Cc1cc(C2=NC(=S)N=N2)sc1Cl. The third kappa shape index (κ3) is 1.67. The Morgan fingerprint density at radius 3 is 2.69 bits per heavy atom. The van der Waals surface area contributed by atoms with Crippen molar-refractivity contribution in [3.05, 3.63) is 20.8 Å². The van der Waals surface area contributed by atoms with Crippen molar-refractivity contribution in [3.8, 4) is 0 Å². The summed E-state index contributed by atoms with van der Waals surface area (Å²) in [6, 6.07) is 1.93. The van der Waals surface area contributed by atoms with Gasteiger partial charge in [-0.25, -0.2) is 0 Å². The molecular weight excluding hydrogens is 226 g/mol. The molecule has 1 aromatic rings. The van der Waals surface area contributed by atoms with E-state index < -0.39 is 0 Å². The van der Waals surface area contributed by atoms with Crippen molar-refractivity contribution in [3.63, 3.8) is 0 Å². The molecular formula is C7H4ClN3S2. The second-order valence-corrected chi connectivity index (χ2v) is 4.50. The molecule has 66 valence electrons. The van der Waals surface area contributed by atoms with Gasteiger partial charge in [0.2, 0.25) is 5.11 Å². The number of thiocarbonyl (C=S) groups is 1. The highest BCUT2D eigenvalue weighted by Crippen LogP contribution is 2.28. The van der Waals surface area contributed by atoms with E-state index in [9.17, 15) is 0 Å². The van der Waals surface area contributed by atoms with Crippen LogP contribution in [0.25, 0.3) is 0 Å². The minimum absolute atomic E-state index is 0.275. The van der Waals surface area contributed by atoms with Gasteiger partial charge < -0.3 is 0 Å². The summed E-state index contributed by atoms with van der Waals surface area (Å²) >= 11 is 12.1. The average Bonchev–Trinajstić information content (AvgIpc) is 2.61. The summed E-state index contributed by atoms with van der Waals surface area (Å²) in [4.78, 5) is 4.89. The number of amidine groups is 1. The fourth-order valence-corrected chi connectivity index (χ4v) is 2.16. The van der Waals surface area contributed by atoms with Gasteiger partial charge in [0.15, 0.2) is 5.84 Å². The molecule has 1 aliphatic heterocycles. The lowest BCUT2D eigenvalue weighted by Crippen LogP contribution is -1.88. The molecule has 0 atom stereocenters. The van der Waals surface area contributed by atoms with Crippen LogP contribution in [0, 0.1) is 6.92 Å². The van der Waals surface area contributed by atoms with Crippen LogP contribution < -0.4 is 0 Å². The van der Waals surface area contributed by atoms with Gasteiger partial charge in [-0.2, -0.15) is 4.99 Å². The molecule has 0 unspecified atom stereocenters. The Labute approximate surface area is 89.2 Å². The van der Waals surface area contributed by atoms with E-state index in [0.29, 0.717) is 5.84 Å². The predicted octanol–water partition coefficient (Wildman–Crippen LogP) is 3.21. The molecule has 1 aliphatic rings. The average molecular weight is 230 g/mol. The maximum atomic E-state index is 5.90. The minimum atomic E-state index is 0.275. The number of hydrogen-bond donors (Lipinski definition) is 0. The highest BCUT2D eigenvalue weighted by molar-refractivity contribution is 7.80. The Morgan fingerprint density at radius 2 is 2.23 bits per heavy atom. The Balaban J connectivity index is 2.42. The number of azo groups is 1. The Morgan fingerprint density at radius 1 is 1.46 bits per heavy atom. The standard InChI is InChI=1S/C7H4ClN3S2/c1-3-2-4(13-5(3)8)6-9-7(12)11-10-6/h2H,1H3. The lowest BCUT2D eigenvalue weighted by atomic mass is 10.3. The van der Waals surface area contributed by atoms with Gasteiger partial charge in [0.1, 0.15) is 0 Å². The smallest absolute Gasteiger partial charge is 0.194 e. The second-order valence-electron chi connectivity index (χ2n) is 2.49. The van der Waals surface area contributed by atoms with Gasteiger partial charge in [0, 0.05) is 0 Å². The van der Waals surface area contributed by atoms with E-state index in [2.05, 4.69) is 15.2 Å². The van der Waals surface area contributed by atoms with Crippen molar-refractivity contribution in [1.29, 1.82) is 0 Å². The van der Waals surface area contributed by atoms with Gasteiger partial charge in [-0.1, -0.05) is 11.6 Å². The molecule has 0 bridgehead atoms. The summed E-state index contributed by atoms with van der Waals surface area (Å²) in [5.41, 5.74) is 1.03. The molecule has 2 rings (SSSR count). The summed E-state index contributed by atoms with van der Waals surface area (Å²) in [6.07, 6.45) is 0. The molecule has 0 spiro atoms. The molecule has 6 heteroatoms. The molecule has 0 saturated heterocycles. The van der Waals surface area contributed by atoms with Gasteiger partial charge in [-0.05, 0) is 30.8 Å². The van der Waals surface area contributed by atoms with Crippen molar-refractivity contribution < 1.29 is 0 Å². The van der Waals surface area contributed by atoms with Gasteiger partial charge in [-0.15, -0.1) is 21.6 Å². The first-order valence-electron chi connectivity index (χ1n) is 3.47. The van der Waals surface area contributed by atoms with Crippen LogP contribution in [-0.2, 0) is 0 Å². The molecule has 1 aromatic heterocycles. The van der Waals surface area contributed by atoms with Crippen LogP contribution in [-0.4, -0.2) is 10.9 Å². The van der Waals surface area contributed by atoms with E-state index in [-0.39, 0.29) is 5.11 Å². The predicted molar refractivity (Wildman–Crippen MR) is 58.1 cm³/mol. The van der Waals surface area contributed by atoms with E-state index in [1.807, 2.05) is 13.0 Å². The summed E-state index contributed by atoms with van der Waals surface area (Å²) in [7, 11) is 0. The largest absolute Gasteiger partial charge is 0.242 e. The zero-order valence-electron chi connectivity index (χ0n) is 6.61. The van der Waals surface area contributed by atoms with Crippen LogP contribution in [0.4, 0.5) is 0 Å². The third-order valence-electron chi connectivity index (χ3n) is 1.51. The molecule has 2 heterocycles. The molecule has 0 N–H and O–H groups in total. The first-order chi connectivity index (χ1) is 6.16.